The molecule has 0 unspecified atom stereocenters. The molecule has 3 rings (SSSR count). The Kier molecular flexibility index (Phi) is 3.49. The van der Waals surface area contributed by atoms with Gasteiger partial charge in [-0.25, -0.2) is 0 Å². The van der Waals surface area contributed by atoms with Crippen LogP contribution >= 0.6 is 0 Å². The van der Waals surface area contributed by atoms with Gasteiger partial charge < -0.3 is 5.11 Å². The van der Waals surface area contributed by atoms with Crippen LogP contribution in [0.3, 0.4) is 0 Å². The molecule has 0 bridgehead atoms. The number of fused-ring (bicyclic) bond motifs is 1. The molecule has 0 aliphatic heterocycles. The van der Waals surface area contributed by atoms with Crippen LogP contribution in [0.25, 0.3) is 10.8 Å². The van der Waals surface area contributed by atoms with Crippen molar-refractivity contribution in [2.75, 3.05) is 0 Å². The van der Waals surface area contributed by atoms with E-state index in [1.807, 2.05) is 24.3 Å². The highest BCUT2D eigenvalue weighted by atomic mass is 16.6. The SMILES string of the molecule is O=[N+]([O-])c1ccc(/N=N/c2c(O)ccc3ccccc23)cc1. The fraction of sp³-hybridized carbons (Fsp3) is 0. The second-order valence-electron chi connectivity index (χ2n) is 4.63. The molecule has 6 heteroatoms. The van der Waals surface area contributed by atoms with E-state index in [0.717, 1.165) is 10.8 Å². The number of rotatable bonds is 3. The number of hydrogen-bond acceptors (Lipinski definition) is 5. The first-order valence-electron chi connectivity index (χ1n) is 6.52. The second kappa shape index (κ2) is 5.61. The van der Waals surface area contributed by atoms with Crippen LogP contribution in [0, 0.1) is 10.1 Å². The number of nitro benzene ring substituents is 1. The zero-order valence-corrected chi connectivity index (χ0v) is 11.4. The van der Waals surface area contributed by atoms with Crippen LogP contribution in [0.15, 0.2) is 70.9 Å². The van der Waals surface area contributed by atoms with E-state index in [2.05, 4.69) is 10.2 Å². The second-order valence-corrected chi connectivity index (χ2v) is 4.63. The van der Waals surface area contributed by atoms with Gasteiger partial charge in [0.1, 0.15) is 11.4 Å². The minimum atomic E-state index is -0.475. The van der Waals surface area contributed by atoms with E-state index in [0.29, 0.717) is 11.4 Å². The lowest BCUT2D eigenvalue weighted by atomic mass is 10.1. The minimum absolute atomic E-state index is 0.00745. The number of benzene rings is 3. The Morgan fingerprint density at radius 3 is 2.36 bits per heavy atom. The van der Waals surface area contributed by atoms with E-state index >= 15 is 0 Å². The van der Waals surface area contributed by atoms with Gasteiger partial charge in [-0.05, 0) is 23.6 Å². The van der Waals surface area contributed by atoms with Crippen molar-refractivity contribution in [3.8, 4) is 5.75 Å². The van der Waals surface area contributed by atoms with Gasteiger partial charge in [-0.3, -0.25) is 10.1 Å². The van der Waals surface area contributed by atoms with Gasteiger partial charge in [0.25, 0.3) is 5.69 Å². The van der Waals surface area contributed by atoms with Crippen molar-refractivity contribution in [2.24, 2.45) is 10.2 Å². The fourth-order valence-electron chi connectivity index (χ4n) is 2.10. The Bertz CT molecular complexity index is 873. The summed E-state index contributed by atoms with van der Waals surface area (Å²) in [4.78, 5) is 10.1. The highest BCUT2D eigenvalue weighted by Crippen LogP contribution is 2.36. The van der Waals surface area contributed by atoms with Gasteiger partial charge in [0.2, 0.25) is 0 Å². The van der Waals surface area contributed by atoms with Gasteiger partial charge in [0, 0.05) is 17.5 Å². The number of phenols is 1. The zero-order valence-electron chi connectivity index (χ0n) is 11.4. The summed E-state index contributed by atoms with van der Waals surface area (Å²) < 4.78 is 0. The Morgan fingerprint density at radius 2 is 1.64 bits per heavy atom. The van der Waals surface area contributed by atoms with E-state index in [4.69, 9.17) is 0 Å². The number of nitrogens with zero attached hydrogens (tertiary/aromatic N) is 3. The van der Waals surface area contributed by atoms with Gasteiger partial charge in [-0.15, -0.1) is 5.11 Å². The Hall–Kier alpha value is -3.28. The third-order valence-electron chi connectivity index (χ3n) is 3.21. The Morgan fingerprint density at radius 1 is 0.909 bits per heavy atom. The van der Waals surface area contributed by atoms with E-state index in [1.54, 1.807) is 12.1 Å². The van der Waals surface area contributed by atoms with E-state index in [1.165, 1.54) is 24.3 Å². The Labute approximate surface area is 125 Å². The first-order chi connectivity index (χ1) is 10.6. The molecule has 0 saturated carbocycles. The lowest BCUT2D eigenvalue weighted by Crippen LogP contribution is -1.85. The van der Waals surface area contributed by atoms with Crippen molar-refractivity contribution in [3.63, 3.8) is 0 Å². The molecular formula is C16H11N3O3. The van der Waals surface area contributed by atoms with Crippen molar-refractivity contribution < 1.29 is 10.0 Å². The molecule has 0 atom stereocenters. The summed E-state index contributed by atoms with van der Waals surface area (Å²) in [6.07, 6.45) is 0. The summed E-state index contributed by atoms with van der Waals surface area (Å²) in [6.45, 7) is 0. The first kappa shape index (κ1) is 13.7. The van der Waals surface area contributed by atoms with E-state index in [9.17, 15) is 15.2 Å². The standard InChI is InChI=1S/C16H11N3O3/c20-15-10-5-11-3-1-2-4-14(11)16(15)18-17-12-6-8-13(9-7-12)19(21)22/h1-10,20H/b18-17+. The van der Waals surface area contributed by atoms with Crippen LogP contribution < -0.4 is 0 Å². The predicted molar refractivity (Wildman–Crippen MR) is 82.9 cm³/mol. The van der Waals surface area contributed by atoms with Crippen molar-refractivity contribution in [3.05, 3.63) is 70.8 Å². The summed E-state index contributed by atoms with van der Waals surface area (Å²) >= 11 is 0. The number of azo groups is 1. The van der Waals surface area contributed by atoms with Gasteiger partial charge >= 0.3 is 0 Å². The van der Waals surface area contributed by atoms with Crippen molar-refractivity contribution >= 4 is 27.8 Å². The molecule has 3 aromatic rings. The molecule has 0 fully saturated rings. The quantitative estimate of drug-likeness (QED) is 0.424. The lowest BCUT2D eigenvalue weighted by Gasteiger charge is -2.03. The van der Waals surface area contributed by atoms with Crippen molar-refractivity contribution in [2.45, 2.75) is 0 Å². The predicted octanol–water partition coefficient (Wildman–Crippen LogP) is 4.87. The van der Waals surface area contributed by atoms with Gasteiger partial charge in [0.05, 0.1) is 10.6 Å². The number of nitro groups is 1. The highest BCUT2D eigenvalue weighted by molar-refractivity contribution is 5.95. The number of phenolic OH excluding ortho intramolecular Hbond substituents is 1. The van der Waals surface area contributed by atoms with Gasteiger partial charge in [-0.1, -0.05) is 30.3 Å². The molecule has 0 aliphatic carbocycles. The molecule has 22 heavy (non-hydrogen) atoms. The third kappa shape index (κ3) is 2.62. The highest BCUT2D eigenvalue weighted by Gasteiger charge is 2.06. The smallest absolute Gasteiger partial charge is 0.269 e. The summed E-state index contributed by atoms with van der Waals surface area (Å²) in [7, 11) is 0. The maximum atomic E-state index is 10.6. The lowest BCUT2D eigenvalue weighted by molar-refractivity contribution is -0.384. The summed E-state index contributed by atoms with van der Waals surface area (Å²) in [5, 5.41) is 30.4. The van der Waals surface area contributed by atoms with E-state index < -0.39 is 4.92 Å². The average Bonchev–Trinajstić information content (AvgIpc) is 2.54. The van der Waals surface area contributed by atoms with Crippen LogP contribution in [-0.4, -0.2) is 10.0 Å². The van der Waals surface area contributed by atoms with Crippen LogP contribution in [0.4, 0.5) is 17.1 Å². The first-order valence-corrected chi connectivity index (χ1v) is 6.52. The normalized spacial score (nSPS) is 11.1. The largest absolute Gasteiger partial charge is 0.506 e. The molecule has 0 aliphatic rings. The molecule has 0 heterocycles. The molecule has 3 aromatic carbocycles. The zero-order chi connectivity index (χ0) is 15.5. The molecule has 0 amide bonds. The summed E-state index contributed by atoms with van der Waals surface area (Å²) in [5.41, 5.74) is 0.835. The molecule has 1 N–H and O–H groups in total. The van der Waals surface area contributed by atoms with Crippen molar-refractivity contribution in [1.82, 2.24) is 0 Å². The van der Waals surface area contributed by atoms with Gasteiger partial charge in [0.15, 0.2) is 0 Å². The topological polar surface area (TPSA) is 88.1 Å². The number of aromatic hydroxyl groups is 1. The molecule has 6 nitrogen and oxygen atoms in total. The molecule has 0 saturated heterocycles. The van der Waals surface area contributed by atoms with Crippen LogP contribution in [-0.2, 0) is 0 Å². The molecule has 0 spiro atoms. The summed E-state index contributed by atoms with van der Waals surface area (Å²) in [5.74, 6) is 0.0318. The maximum absolute atomic E-state index is 10.6. The third-order valence-corrected chi connectivity index (χ3v) is 3.21. The molecule has 0 radical (unpaired) electrons. The van der Waals surface area contributed by atoms with Crippen LogP contribution in [0.1, 0.15) is 0 Å². The van der Waals surface area contributed by atoms with Crippen molar-refractivity contribution in [1.29, 1.82) is 0 Å². The molecule has 108 valence electrons. The fourth-order valence-corrected chi connectivity index (χ4v) is 2.10. The minimum Gasteiger partial charge on any atom is -0.506 e. The number of non-ortho nitro benzene ring substituents is 1. The van der Waals surface area contributed by atoms with E-state index in [-0.39, 0.29) is 11.4 Å². The Balaban J connectivity index is 1.98. The average molecular weight is 293 g/mol. The van der Waals surface area contributed by atoms with Gasteiger partial charge in [-0.2, -0.15) is 5.11 Å². The molecular weight excluding hydrogens is 282 g/mol. The maximum Gasteiger partial charge on any atom is 0.269 e. The van der Waals surface area contributed by atoms with Crippen LogP contribution in [0.5, 0.6) is 5.75 Å². The monoisotopic (exact) mass is 293 g/mol. The number of hydrogen-bond donors (Lipinski definition) is 1. The van der Waals surface area contributed by atoms with Crippen LogP contribution in [0.2, 0.25) is 0 Å². The molecule has 0 aromatic heterocycles. The summed E-state index contributed by atoms with van der Waals surface area (Å²) in [6, 6.07) is 16.6.